The lowest BCUT2D eigenvalue weighted by atomic mass is 10.2. The summed E-state index contributed by atoms with van der Waals surface area (Å²) >= 11 is 0. The first kappa shape index (κ1) is 10.6. The molecule has 0 spiro atoms. The van der Waals surface area contributed by atoms with Crippen molar-refractivity contribution in [3.63, 3.8) is 0 Å². The summed E-state index contributed by atoms with van der Waals surface area (Å²) in [6, 6.07) is 1.77. The zero-order valence-corrected chi connectivity index (χ0v) is 9.51. The van der Waals surface area contributed by atoms with Crippen molar-refractivity contribution in [1.82, 2.24) is 19.7 Å². The number of nitrogens with zero attached hydrogens (tertiary/aromatic N) is 4. The van der Waals surface area contributed by atoms with Gasteiger partial charge in [-0.2, -0.15) is 5.10 Å². The Morgan fingerprint density at radius 3 is 2.75 bits per heavy atom. The highest BCUT2D eigenvalue weighted by Crippen LogP contribution is 2.18. The van der Waals surface area contributed by atoms with Gasteiger partial charge < -0.3 is 5.73 Å². The molecule has 0 aliphatic carbocycles. The van der Waals surface area contributed by atoms with Crippen LogP contribution in [0.15, 0.2) is 18.5 Å². The molecule has 0 fully saturated rings. The first-order valence-corrected chi connectivity index (χ1v) is 5.39. The minimum absolute atomic E-state index is 0.506. The molecule has 0 aromatic carbocycles. The second-order valence-corrected chi connectivity index (χ2v) is 3.53. The summed E-state index contributed by atoms with van der Waals surface area (Å²) in [5.74, 6) is 1.27. The average Bonchev–Trinajstić information content (AvgIpc) is 2.76. The van der Waals surface area contributed by atoms with Crippen LogP contribution >= 0.6 is 0 Å². The third kappa shape index (κ3) is 2.03. The zero-order valence-electron chi connectivity index (χ0n) is 9.51. The van der Waals surface area contributed by atoms with Gasteiger partial charge in [0.25, 0.3) is 0 Å². The summed E-state index contributed by atoms with van der Waals surface area (Å²) < 4.78 is 1.86. The van der Waals surface area contributed by atoms with E-state index >= 15 is 0 Å². The quantitative estimate of drug-likeness (QED) is 0.846. The third-order valence-electron chi connectivity index (χ3n) is 2.36. The van der Waals surface area contributed by atoms with Crippen molar-refractivity contribution >= 4 is 5.82 Å². The Kier molecular flexibility index (Phi) is 2.85. The maximum absolute atomic E-state index is 5.73. The summed E-state index contributed by atoms with van der Waals surface area (Å²) in [6.07, 6.45) is 4.53. The molecule has 2 N–H and O–H groups in total. The Balaban J connectivity index is 2.42. The predicted molar refractivity (Wildman–Crippen MR) is 62.7 cm³/mol. The highest BCUT2D eigenvalue weighted by Gasteiger charge is 2.06. The van der Waals surface area contributed by atoms with E-state index in [1.807, 2.05) is 24.7 Å². The molecule has 0 aliphatic heterocycles. The molecule has 0 unspecified atom stereocenters. The fourth-order valence-electron chi connectivity index (χ4n) is 1.49. The van der Waals surface area contributed by atoms with Crippen molar-refractivity contribution in [2.75, 3.05) is 5.73 Å². The van der Waals surface area contributed by atoms with E-state index in [9.17, 15) is 0 Å². The van der Waals surface area contributed by atoms with Crippen LogP contribution in [0.1, 0.15) is 19.7 Å². The molecule has 2 rings (SSSR count). The molecule has 0 saturated carbocycles. The molecule has 84 valence electrons. The fourth-order valence-corrected chi connectivity index (χ4v) is 1.49. The maximum Gasteiger partial charge on any atom is 0.131 e. The normalized spacial score (nSPS) is 10.6. The standard InChI is InChI=1S/C11H15N5/c1-3-11-14-9(5-10(12)15-11)8-6-13-16(4-2)7-8/h5-7H,3-4H2,1-2H3,(H2,12,14,15). The molecule has 2 heterocycles. The van der Waals surface area contributed by atoms with Crippen LogP contribution in [0.5, 0.6) is 0 Å². The van der Waals surface area contributed by atoms with Crippen molar-refractivity contribution in [2.45, 2.75) is 26.8 Å². The molecule has 0 amide bonds. The second kappa shape index (κ2) is 4.30. The van der Waals surface area contributed by atoms with E-state index in [-0.39, 0.29) is 0 Å². The van der Waals surface area contributed by atoms with Gasteiger partial charge in [0.15, 0.2) is 0 Å². The Morgan fingerprint density at radius 2 is 2.12 bits per heavy atom. The maximum atomic E-state index is 5.73. The number of aromatic nitrogens is 4. The van der Waals surface area contributed by atoms with Crippen molar-refractivity contribution in [2.24, 2.45) is 0 Å². The Bertz CT molecular complexity index is 489. The van der Waals surface area contributed by atoms with Gasteiger partial charge in [-0.1, -0.05) is 6.92 Å². The van der Waals surface area contributed by atoms with Crippen LogP contribution < -0.4 is 5.73 Å². The van der Waals surface area contributed by atoms with Crippen LogP contribution in [0.4, 0.5) is 5.82 Å². The van der Waals surface area contributed by atoms with E-state index in [2.05, 4.69) is 15.1 Å². The average molecular weight is 217 g/mol. The Hall–Kier alpha value is -1.91. The molecule has 2 aromatic heterocycles. The molecule has 16 heavy (non-hydrogen) atoms. The molecule has 0 saturated heterocycles. The van der Waals surface area contributed by atoms with E-state index in [1.54, 1.807) is 12.3 Å². The number of anilines is 1. The number of nitrogen functional groups attached to an aromatic ring is 1. The molecule has 5 nitrogen and oxygen atoms in total. The second-order valence-electron chi connectivity index (χ2n) is 3.53. The largest absolute Gasteiger partial charge is 0.384 e. The topological polar surface area (TPSA) is 69.6 Å². The van der Waals surface area contributed by atoms with Crippen LogP contribution in [0.2, 0.25) is 0 Å². The molecule has 0 atom stereocenters. The zero-order chi connectivity index (χ0) is 11.5. The van der Waals surface area contributed by atoms with E-state index in [0.717, 1.165) is 30.0 Å². The third-order valence-corrected chi connectivity index (χ3v) is 2.36. The summed E-state index contributed by atoms with van der Waals surface area (Å²) in [4.78, 5) is 8.57. The molecule has 0 aliphatic rings. The lowest BCUT2D eigenvalue weighted by molar-refractivity contribution is 0.660. The lowest BCUT2D eigenvalue weighted by Gasteiger charge is -2.01. The summed E-state index contributed by atoms with van der Waals surface area (Å²) in [7, 11) is 0. The monoisotopic (exact) mass is 217 g/mol. The molecule has 2 aromatic rings. The first-order valence-electron chi connectivity index (χ1n) is 5.39. The van der Waals surface area contributed by atoms with Crippen LogP contribution in [0, 0.1) is 0 Å². The Morgan fingerprint density at radius 1 is 1.31 bits per heavy atom. The highest BCUT2D eigenvalue weighted by atomic mass is 15.3. The number of hydrogen-bond donors (Lipinski definition) is 1. The van der Waals surface area contributed by atoms with E-state index < -0.39 is 0 Å². The van der Waals surface area contributed by atoms with Gasteiger partial charge in [-0.3, -0.25) is 4.68 Å². The number of aryl methyl sites for hydroxylation is 2. The smallest absolute Gasteiger partial charge is 0.131 e. The van der Waals surface area contributed by atoms with Gasteiger partial charge in [-0.15, -0.1) is 0 Å². The van der Waals surface area contributed by atoms with E-state index in [0.29, 0.717) is 5.82 Å². The first-order chi connectivity index (χ1) is 7.72. The highest BCUT2D eigenvalue weighted by molar-refractivity contribution is 5.60. The summed E-state index contributed by atoms with van der Waals surface area (Å²) in [5.41, 5.74) is 7.55. The summed E-state index contributed by atoms with van der Waals surface area (Å²) in [6.45, 7) is 4.90. The Labute approximate surface area is 94.3 Å². The molecule has 0 bridgehead atoms. The number of nitrogens with two attached hydrogens (primary N) is 1. The van der Waals surface area contributed by atoms with Gasteiger partial charge in [0.1, 0.15) is 11.6 Å². The lowest BCUT2D eigenvalue weighted by Crippen LogP contribution is -1.99. The van der Waals surface area contributed by atoms with Gasteiger partial charge in [-0.05, 0) is 6.92 Å². The SMILES string of the molecule is CCc1nc(N)cc(-c2cnn(CC)c2)n1. The molecular weight excluding hydrogens is 202 g/mol. The van der Waals surface area contributed by atoms with E-state index in [1.165, 1.54) is 0 Å². The van der Waals surface area contributed by atoms with Gasteiger partial charge in [0.05, 0.1) is 11.9 Å². The van der Waals surface area contributed by atoms with Crippen LogP contribution in [-0.2, 0) is 13.0 Å². The molecule has 0 radical (unpaired) electrons. The van der Waals surface area contributed by atoms with Crippen molar-refractivity contribution < 1.29 is 0 Å². The van der Waals surface area contributed by atoms with Crippen molar-refractivity contribution in [1.29, 1.82) is 0 Å². The van der Waals surface area contributed by atoms with Crippen LogP contribution in [0.3, 0.4) is 0 Å². The van der Waals surface area contributed by atoms with Gasteiger partial charge in [0, 0.05) is 30.8 Å². The van der Waals surface area contributed by atoms with Crippen molar-refractivity contribution in [3.05, 3.63) is 24.3 Å². The summed E-state index contributed by atoms with van der Waals surface area (Å²) in [5, 5.41) is 4.21. The fraction of sp³-hybridized carbons (Fsp3) is 0.364. The predicted octanol–water partition coefficient (Wildman–Crippen LogP) is 1.50. The molecular formula is C11H15N5. The van der Waals surface area contributed by atoms with Gasteiger partial charge >= 0.3 is 0 Å². The van der Waals surface area contributed by atoms with Crippen molar-refractivity contribution in [3.8, 4) is 11.3 Å². The molecule has 5 heteroatoms. The number of rotatable bonds is 3. The minimum Gasteiger partial charge on any atom is -0.384 e. The minimum atomic E-state index is 0.506. The van der Waals surface area contributed by atoms with Crippen LogP contribution in [-0.4, -0.2) is 19.7 Å². The number of hydrogen-bond acceptors (Lipinski definition) is 4. The van der Waals surface area contributed by atoms with Gasteiger partial charge in [0.2, 0.25) is 0 Å². The van der Waals surface area contributed by atoms with E-state index in [4.69, 9.17) is 5.73 Å². The van der Waals surface area contributed by atoms with Crippen LogP contribution in [0.25, 0.3) is 11.3 Å². The van der Waals surface area contributed by atoms with Gasteiger partial charge in [-0.25, -0.2) is 9.97 Å².